The molecule has 3 N–H and O–H groups in total. The number of nitrogen functional groups attached to an aromatic ring is 1. The van der Waals surface area contributed by atoms with Crippen molar-refractivity contribution in [3.05, 3.63) is 39.1 Å². The van der Waals surface area contributed by atoms with Crippen molar-refractivity contribution in [3.8, 4) is 10.6 Å². The Morgan fingerprint density at radius 1 is 1.19 bits per heavy atom. The van der Waals surface area contributed by atoms with Gasteiger partial charge in [0.2, 0.25) is 4.96 Å². The van der Waals surface area contributed by atoms with E-state index in [-0.39, 0.29) is 5.56 Å². The van der Waals surface area contributed by atoms with Crippen LogP contribution in [0.1, 0.15) is 0 Å². The van der Waals surface area contributed by atoms with E-state index < -0.39 is 6.09 Å². The van der Waals surface area contributed by atoms with Gasteiger partial charge in [0.15, 0.2) is 0 Å². The molecule has 9 nitrogen and oxygen atoms in total. The summed E-state index contributed by atoms with van der Waals surface area (Å²) in [6, 6.07) is 6.94. The number of carbonyl (C=O) groups is 1. The monoisotopic (exact) mass is 450 g/mol. The predicted molar refractivity (Wildman–Crippen MR) is 106 cm³/mol. The first-order valence-electron chi connectivity index (χ1n) is 8.11. The average Bonchev–Trinajstić information content (AvgIpc) is 3.04. The van der Waals surface area contributed by atoms with E-state index in [9.17, 15) is 9.59 Å². The van der Waals surface area contributed by atoms with Crippen LogP contribution < -0.4 is 16.2 Å². The lowest BCUT2D eigenvalue weighted by Crippen LogP contribution is -2.49. The van der Waals surface area contributed by atoms with E-state index in [0.29, 0.717) is 47.7 Å². The Morgan fingerprint density at radius 3 is 2.59 bits per heavy atom. The molecule has 27 heavy (non-hydrogen) atoms. The van der Waals surface area contributed by atoms with Crippen molar-refractivity contribution in [2.45, 2.75) is 0 Å². The summed E-state index contributed by atoms with van der Waals surface area (Å²) in [4.78, 5) is 31.0. The third-order valence-electron chi connectivity index (χ3n) is 4.28. The normalized spacial score (nSPS) is 14.7. The number of carboxylic acid groups (broad SMARTS) is 1. The Kier molecular flexibility index (Phi) is 4.48. The molecule has 1 amide bonds. The Balaban J connectivity index is 1.75. The molecule has 2 aromatic heterocycles. The maximum absolute atomic E-state index is 12.1. The van der Waals surface area contributed by atoms with Crippen LogP contribution in [0, 0.1) is 0 Å². The number of anilines is 2. The van der Waals surface area contributed by atoms with Crippen LogP contribution in [0.25, 0.3) is 15.5 Å². The Morgan fingerprint density at radius 2 is 1.93 bits per heavy atom. The molecule has 1 aliphatic heterocycles. The average molecular weight is 451 g/mol. The van der Waals surface area contributed by atoms with Gasteiger partial charge in [0.05, 0.1) is 0 Å². The van der Waals surface area contributed by atoms with E-state index in [1.165, 1.54) is 22.3 Å². The summed E-state index contributed by atoms with van der Waals surface area (Å²) in [7, 11) is 0. The summed E-state index contributed by atoms with van der Waals surface area (Å²) in [5.41, 5.74) is 6.99. The first-order chi connectivity index (χ1) is 12.9. The van der Waals surface area contributed by atoms with E-state index in [1.54, 1.807) is 10.6 Å². The highest BCUT2D eigenvalue weighted by atomic mass is 79.9. The molecule has 3 heterocycles. The number of hydrogen-bond donors (Lipinski definition) is 2. The number of nitrogens with two attached hydrogens (primary N) is 1. The third-order valence-corrected chi connectivity index (χ3v) is 5.69. The molecule has 1 aliphatic rings. The predicted octanol–water partition coefficient (Wildman–Crippen LogP) is 1.96. The molecular weight excluding hydrogens is 436 g/mol. The quantitative estimate of drug-likeness (QED) is 0.572. The van der Waals surface area contributed by atoms with Gasteiger partial charge in [-0.15, -0.1) is 0 Å². The van der Waals surface area contributed by atoms with Gasteiger partial charge in [-0.05, 0) is 18.2 Å². The molecule has 4 rings (SSSR count). The van der Waals surface area contributed by atoms with Gasteiger partial charge in [-0.25, -0.2) is 4.79 Å². The van der Waals surface area contributed by atoms with Crippen LogP contribution >= 0.6 is 27.3 Å². The molecule has 0 saturated carbocycles. The minimum atomic E-state index is -0.935. The van der Waals surface area contributed by atoms with Gasteiger partial charge in [-0.1, -0.05) is 27.3 Å². The minimum Gasteiger partial charge on any atom is -0.465 e. The number of amides is 1. The molecule has 11 heteroatoms. The molecule has 0 radical (unpaired) electrons. The van der Waals surface area contributed by atoms with Gasteiger partial charge in [0, 0.05) is 48.0 Å². The Labute approximate surface area is 165 Å². The molecule has 1 aromatic carbocycles. The fraction of sp³-hybridized carbons (Fsp3) is 0.250. The number of rotatable bonds is 2. The Hall–Kier alpha value is -2.66. The second kappa shape index (κ2) is 6.82. The molecule has 1 saturated heterocycles. The first-order valence-corrected chi connectivity index (χ1v) is 9.72. The van der Waals surface area contributed by atoms with Crippen molar-refractivity contribution < 1.29 is 9.90 Å². The maximum atomic E-state index is 12.1. The smallest absolute Gasteiger partial charge is 0.407 e. The largest absolute Gasteiger partial charge is 0.465 e. The molecule has 0 atom stereocenters. The lowest BCUT2D eigenvalue weighted by Gasteiger charge is -2.34. The molecule has 1 fully saturated rings. The number of nitrogens with zero attached hydrogens (tertiary/aromatic N) is 5. The third kappa shape index (κ3) is 3.47. The number of aromatic nitrogens is 3. The second-order valence-corrected chi connectivity index (χ2v) is 7.96. The Bertz CT molecular complexity index is 1070. The highest BCUT2D eigenvalue weighted by Gasteiger charge is 2.23. The lowest BCUT2D eigenvalue weighted by atomic mass is 10.2. The molecule has 0 unspecified atom stereocenters. The molecular formula is C16H15BrN6O3S. The number of fused-ring (bicyclic) bond motifs is 1. The zero-order chi connectivity index (χ0) is 19.1. The molecule has 0 spiro atoms. The zero-order valence-electron chi connectivity index (χ0n) is 14.0. The van der Waals surface area contributed by atoms with E-state index in [2.05, 4.69) is 26.0 Å². The van der Waals surface area contributed by atoms with Gasteiger partial charge >= 0.3 is 6.09 Å². The highest BCUT2D eigenvalue weighted by Crippen LogP contribution is 2.30. The standard InChI is InChI=1S/C16H15BrN6O3S/c17-10-5-9(6-11(18)7-10)14-20-23-13(8-12(24)19-15(23)27-14)21-1-3-22(4-2-21)16(25)26/h5-8H,1-4,18H2,(H,25,26). The molecule has 0 aliphatic carbocycles. The van der Waals surface area contributed by atoms with Crippen LogP contribution in [-0.2, 0) is 0 Å². The van der Waals surface area contributed by atoms with E-state index in [4.69, 9.17) is 10.8 Å². The van der Waals surface area contributed by atoms with E-state index >= 15 is 0 Å². The van der Waals surface area contributed by atoms with E-state index in [0.717, 1.165) is 10.0 Å². The number of piperazine rings is 1. The minimum absolute atomic E-state index is 0.352. The lowest BCUT2D eigenvalue weighted by molar-refractivity contribution is 0.142. The first kappa shape index (κ1) is 17.7. The van der Waals surface area contributed by atoms with Crippen LogP contribution in [0.4, 0.5) is 16.3 Å². The summed E-state index contributed by atoms with van der Waals surface area (Å²) in [6.45, 7) is 1.70. The van der Waals surface area contributed by atoms with Crippen LogP contribution in [0.2, 0.25) is 0 Å². The van der Waals surface area contributed by atoms with Gasteiger partial charge in [-0.2, -0.15) is 14.6 Å². The van der Waals surface area contributed by atoms with Crippen LogP contribution in [-0.4, -0.2) is 56.9 Å². The van der Waals surface area contributed by atoms with Crippen molar-refractivity contribution in [1.82, 2.24) is 19.5 Å². The molecule has 140 valence electrons. The molecule has 0 bridgehead atoms. The zero-order valence-corrected chi connectivity index (χ0v) is 16.4. The van der Waals surface area contributed by atoms with E-state index in [1.807, 2.05) is 17.0 Å². The number of halogens is 1. The number of benzene rings is 1. The summed E-state index contributed by atoms with van der Waals surface area (Å²) >= 11 is 4.72. The second-order valence-electron chi connectivity index (χ2n) is 6.08. The summed E-state index contributed by atoms with van der Waals surface area (Å²) < 4.78 is 2.47. The van der Waals surface area contributed by atoms with Gasteiger partial charge < -0.3 is 20.6 Å². The highest BCUT2D eigenvalue weighted by molar-refractivity contribution is 9.10. The summed E-state index contributed by atoms with van der Waals surface area (Å²) in [6.07, 6.45) is -0.935. The van der Waals surface area contributed by atoms with Crippen molar-refractivity contribution in [3.63, 3.8) is 0 Å². The molecule has 3 aromatic rings. The van der Waals surface area contributed by atoms with Gasteiger partial charge in [0.25, 0.3) is 5.56 Å². The maximum Gasteiger partial charge on any atom is 0.407 e. The number of hydrogen-bond acceptors (Lipinski definition) is 7. The van der Waals surface area contributed by atoms with Crippen molar-refractivity contribution in [2.75, 3.05) is 36.8 Å². The fourth-order valence-electron chi connectivity index (χ4n) is 3.01. The van der Waals surface area contributed by atoms with Crippen LogP contribution in [0.3, 0.4) is 0 Å². The topological polar surface area (TPSA) is 117 Å². The summed E-state index contributed by atoms with van der Waals surface area (Å²) in [5, 5.41) is 14.4. The van der Waals surface area contributed by atoms with Gasteiger partial charge in [0.1, 0.15) is 10.8 Å². The van der Waals surface area contributed by atoms with Crippen LogP contribution in [0.15, 0.2) is 33.5 Å². The van der Waals surface area contributed by atoms with Gasteiger partial charge in [-0.3, -0.25) is 4.79 Å². The summed E-state index contributed by atoms with van der Waals surface area (Å²) in [5.74, 6) is 0.612. The van der Waals surface area contributed by atoms with Crippen molar-refractivity contribution in [2.24, 2.45) is 0 Å². The SMILES string of the molecule is Nc1cc(Br)cc(-c2nn3c(N4CCN(C(=O)O)CC4)cc(=O)nc3s2)c1. The van der Waals surface area contributed by atoms with Crippen molar-refractivity contribution in [1.29, 1.82) is 0 Å². The fourth-order valence-corrected chi connectivity index (χ4v) is 4.40. The van der Waals surface area contributed by atoms with Crippen molar-refractivity contribution >= 4 is 49.8 Å². The van der Waals surface area contributed by atoms with Crippen LogP contribution in [0.5, 0.6) is 0 Å².